The molecule has 2 aromatic heterocycles. The molecule has 0 amide bonds. The Labute approximate surface area is 371 Å². The first kappa shape index (κ1) is 37.2. The molecule has 0 spiro atoms. The summed E-state index contributed by atoms with van der Waals surface area (Å²) < 4.78 is 13.0. The second-order valence-electron chi connectivity index (χ2n) is 16.1. The van der Waals surface area contributed by atoms with Crippen LogP contribution >= 0.6 is 0 Å². The van der Waals surface area contributed by atoms with Gasteiger partial charge in [0.05, 0.1) is 5.69 Å². The zero-order chi connectivity index (χ0) is 42.4. The normalized spacial score (nSPS) is 11.4. The Balaban J connectivity index is 1.03. The Bertz CT molecular complexity index is 3640. The van der Waals surface area contributed by atoms with E-state index in [2.05, 4.69) is 228 Å². The van der Waals surface area contributed by atoms with Crippen LogP contribution in [0.4, 0.5) is 34.1 Å². The highest BCUT2D eigenvalue weighted by Gasteiger charge is 2.22. The number of nitrogens with zero attached hydrogens (tertiary/aromatic N) is 2. The Morgan fingerprint density at radius 3 is 1.19 bits per heavy atom. The number of benzene rings is 10. The van der Waals surface area contributed by atoms with E-state index in [1.165, 1.54) is 0 Å². The SMILES string of the molecule is c1ccc(-c2cccc(N(c3cccc(-c4ccccc4N(c4cccc(-c5ccccc5)c4)c4ccc5c(c4)oc4ccccc45)c3)c3ccc4c(c3)oc3ccccc34)c2)cc1. The predicted molar refractivity (Wildman–Crippen MR) is 267 cm³/mol. The third kappa shape index (κ3) is 6.66. The van der Waals surface area contributed by atoms with Crippen molar-refractivity contribution in [2.45, 2.75) is 0 Å². The number of hydrogen-bond donors (Lipinski definition) is 0. The summed E-state index contributed by atoms with van der Waals surface area (Å²) in [7, 11) is 0. The quantitative estimate of drug-likeness (QED) is 0.145. The van der Waals surface area contributed by atoms with Gasteiger partial charge in [-0.05, 0) is 107 Å². The fourth-order valence-corrected chi connectivity index (χ4v) is 9.22. The Hall–Kier alpha value is -8.60. The van der Waals surface area contributed by atoms with E-state index in [-0.39, 0.29) is 0 Å². The second kappa shape index (κ2) is 15.7. The van der Waals surface area contributed by atoms with E-state index in [9.17, 15) is 0 Å². The third-order valence-corrected chi connectivity index (χ3v) is 12.2. The molecule has 0 atom stereocenters. The van der Waals surface area contributed by atoms with Crippen LogP contribution in [0.5, 0.6) is 0 Å². The first-order valence-electron chi connectivity index (χ1n) is 21.7. The number of fused-ring (bicyclic) bond motifs is 6. The molecule has 4 heteroatoms. The summed E-state index contributed by atoms with van der Waals surface area (Å²) in [5, 5.41) is 4.41. The molecular weight excluding hydrogens is 781 g/mol. The minimum absolute atomic E-state index is 0.845. The predicted octanol–water partition coefficient (Wildman–Crippen LogP) is 17.4. The number of hydrogen-bond acceptors (Lipinski definition) is 4. The maximum atomic E-state index is 6.49. The molecule has 0 radical (unpaired) electrons. The van der Waals surface area contributed by atoms with Crippen molar-refractivity contribution < 1.29 is 8.83 Å². The summed E-state index contributed by atoms with van der Waals surface area (Å²) in [6.07, 6.45) is 0. The van der Waals surface area contributed by atoms with E-state index >= 15 is 0 Å². The number of para-hydroxylation sites is 3. The maximum absolute atomic E-state index is 6.49. The summed E-state index contributed by atoms with van der Waals surface area (Å²) in [5.41, 5.74) is 16.4. The minimum Gasteiger partial charge on any atom is -0.456 e. The second-order valence-corrected chi connectivity index (χ2v) is 16.1. The summed E-state index contributed by atoms with van der Waals surface area (Å²) >= 11 is 0. The van der Waals surface area contributed by atoms with Crippen molar-refractivity contribution in [3.8, 4) is 33.4 Å². The molecule has 0 bridgehead atoms. The molecule has 0 unspecified atom stereocenters. The highest BCUT2D eigenvalue weighted by atomic mass is 16.3. The Kier molecular flexibility index (Phi) is 9.12. The molecule has 0 aliphatic carbocycles. The van der Waals surface area contributed by atoms with Crippen LogP contribution in [0.25, 0.3) is 77.3 Å². The molecule has 64 heavy (non-hydrogen) atoms. The smallest absolute Gasteiger partial charge is 0.137 e. The van der Waals surface area contributed by atoms with Crippen LogP contribution in [-0.4, -0.2) is 0 Å². The van der Waals surface area contributed by atoms with Crippen molar-refractivity contribution in [2.24, 2.45) is 0 Å². The molecule has 12 aromatic rings. The molecule has 4 nitrogen and oxygen atoms in total. The van der Waals surface area contributed by atoms with Gasteiger partial charge in [0.15, 0.2) is 0 Å². The van der Waals surface area contributed by atoms with Gasteiger partial charge in [-0.1, -0.05) is 152 Å². The fraction of sp³-hybridized carbons (Fsp3) is 0. The van der Waals surface area contributed by atoms with Gasteiger partial charge in [0, 0.05) is 67.7 Å². The van der Waals surface area contributed by atoms with E-state index < -0.39 is 0 Å². The van der Waals surface area contributed by atoms with Crippen LogP contribution < -0.4 is 9.80 Å². The zero-order valence-electron chi connectivity index (χ0n) is 34.8. The van der Waals surface area contributed by atoms with E-state index in [4.69, 9.17) is 8.83 Å². The lowest BCUT2D eigenvalue weighted by molar-refractivity contribution is 0.668. The standard InChI is InChI=1S/C60H40N2O2/c1-3-16-41(17-4-1)43-20-13-23-46(36-43)61(49-32-34-54-52-27-8-11-30-57(52)63-59(54)39-49)47-24-15-22-45(38-47)51-26-7-10-29-56(51)62(48-25-14-21-44(37-48)42-18-5-2-6-19-42)50-33-35-55-53-28-9-12-31-58(53)64-60(55)40-50/h1-40H. The zero-order valence-corrected chi connectivity index (χ0v) is 34.8. The number of furan rings is 2. The first-order valence-corrected chi connectivity index (χ1v) is 21.7. The van der Waals surface area contributed by atoms with Crippen molar-refractivity contribution in [3.05, 3.63) is 243 Å². The van der Waals surface area contributed by atoms with Gasteiger partial charge in [-0.25, -0.2) is 0 Å². The van der Waals surface area contributed by atoms with Gasteiger partial charge in [0.1, 0.15) is 22.3 Å². The molecule has 0 saturated heterocycles. The molecule has 2 heterocycles. The largest absolute Gasteiger partial charge is 0.456 e. The van der Waals surface area contributed by atoms with Crippen LogP contribution in [-0.2, 0) is 0 Å². The molecular formula is C60H40N2O2. The lowest BCUT2D eigenvalue weighted by Crippen LogP contribution is -2.12. The summed E-state index contributed by atoms with van der Waals surface area (Å²) in [4.78, 5) is 4.69. The molecule has 12 rings (SSSR count). The van der Waals surface area contributed by atoms with Crippen molar-refractivity contribution in [3.63, 3.8) is 0 Å². The molecule has 0 N–H and O–H groups in total. The van der Waals surface area contributed by atoms with Crippen molar-refractivity contribution in [1.29, 1.82) is 0 Å². The van der Waals surface area contributed by atoms with Gasteiger partial charge in [-0.15, -0.1) is 0 Å². The lowest BCUT2D eigenvalue weighted by atomic mass is 9.99. The highest BCUT2D eigenvalue weighted by Crippen LogP contribution is 2.46. The molecule has 0 aliphatic rings. The molecule has 10 aromatic carbocycles. The highest BCUT2D eigenvalue weighted by molar-refractivity contribution is 6.07. The Morgan fingerprint density at radius 1 is 0.234 bits per heavy atom. The van der Waals surface area contributed by atoms with E-state index in [1.54, 1.807) is 0 Å². The average Bonchev–Trinajstić information content (AvgIpc) is 3.93. The maximum Gasteiger partial charge on any atom is 0.137 e. The number of anilines is 6. The van der Waals surface area contributed by atoms with Gasteiger partial charge >= 0.3 is 0 Å². The molecule has 0 fully saturated rings. The lowest BCUT2D eigenvalue weighted by Gasteiger charge is -2.29. The molecule has 302 valence electrons. The summed E-state index contributed by atoms with van der Waals surface area (Å²) in [6, 6.07) is 85.9. The van der Waals surface area contributed by atoms with Crippen molar-refractivity contribution in [2.75, 3.05) is 9.80 Å². The van der Waals surface area contributed by atoms with E-state index in [1.807, 2.05) is 24.3 Å². The van der Waals surface area contributed by atoms with Crippen molar-refractivity contribution >= 4 is 78.0 Å². The monoisotopic (exact) mass is 820 g/mol. The Morgan fingerprint density at radius 2 is 0.625 bits per heavy atom. The summed E-state index contributed by atoms with van der Waals surface area (Å²) in [5.74, 6) is 0. The minimum atomic E-state index is 0.845. The van der Waals surface area contributed by atoms with Gasteiger partial charge in [0.25, 0.3) is 0 Å². The fourth-order valence-electron chi connectivity index (χ4n) is 9.22. The van der Waals surface area contributed by atoms with E-state index in [0.29, 0.717) is 0 Å². The average molecular weight is 821 g/mol. The van der Waals surface area contributed by atoms with Gasteiger partial charge < -0.3 is 18.6 Å². The van der Waals surface area contributed by atoms with Crippen LogP contribution in [0.1, 0.15) is 0 Å². The van der Waals surface area contributed by atoms with Crippen LogP contribution in [0.15, 0.2) is 251 Å². The van der Waals surface area contributed by atoms with Crippen LogP contribution in [0.2, 0.25) is 0 Å². The molecule has 0 aliphatic heterocycles. The van der Waals surface area contributed by atoms with Gasteiger partial charge in [-0.3, -0.25) is 0 Å². The summed E-state index contributed by atoms with van der Waals surface area (Å²) in [6.45, 7) is 0. The van der Waals surface area contributed by atoms with Crippen LogP contribution in [0.3, 0.4) is 0 Å². The van der Waals surface area contributed by atoms with Gasteiger partial charge in [0.2, 0.25) is 0 Å². The van der Waals surface area contributed by atoms with Crippen molar-refractivity contribution in [1.82, 2.24) is 0 Å². The van der Waals surface area contributed by atoms with Crippen LogP contribution in [0, 0.1) is 0 Å². The molecule has 0 saturated carbocycles. The first-order chi connectivity index (χ1) is 31.7. The topological polar surface area (TPSA) is 32.8 Å². The van der Waals surface area contributed by atoms with E-state index in [0.717, 1.165) is 111 Å². The van der Waals surface area contributed by atoms with Gasteiger partial charge in [-0.2, -0.15) is 0 Å². The number of rotatable bonds is 9. The third-order valence-electron chi connectivity index (χ3n) is 12.2.